The molecule has 0 amide bonds. The predicted octanol–water partition coefficient (Wildman–Crippen LogP) is 4.98. The van der Waals surface area contributed by atoms with Crippen molar-refractivity contribution in [3.05, 3.63) is 35.6 Å². The lowest BCUT2D eigenvalue weighted by Gasteiger charge is -2.38. The zero-order valence-corrected chi connectivity index (χ0v) is 13.9. The summed E-state index contributed by atoms with van der Waals surface area (Å²) in [7, 11) is 0. The SMILES string of the molecule is CC(C)NCC1CCC(C(C)C)CC1c1cccc(F)c1. The van der Waals surface area contributed by atoms with Crippen LogP contribution in [0.2, 0.25) is 0 Å². The molecule has 118 valence electrons. The van der Waals surface area contributed by atoms with Crippen molar-refractivity contribution in [2.24, 2.45) is 17.8 Å². The molecule has 21 heavy (non-hydrogen) atoms. The molecule has 1 nitrogen and oxygen atoms in total. The molecule has 1 saturated carbocycles. The molecule has 0 heterocycles. The van der Waals surface area contributed by atoms with Crippen molar-refractivity contribution in [2.45, 2.75) is 58.9 Å². The van der Waals surface area contributed by atoms with E-state index in [1.54, 1.807) is 12.1 Å². The summed E-state index contributed by atoms with van der Waals surface area (Å²) in [5.41, 5.74) is 1.19. The van der Waals surface area contributed by atoms with E-state index in [0.29, 0.717) is 17.9 Å². The van der Waals surface area contributed by atoms with E-state index in [1.165, 1.54) is 24.8 Å². The van der Waals surface area contributed by atoms with E-state index in [2.05, 4.69) is 39.1 Å². The fraction of sp³-hybridized carbons (Fsp3) is 0.684. The fourth-order valence-corrected chi connectivity index (χ4v) is 3.65. The number of hydrogen-bond donors (Lipinski definition) is 1. The third-order valence-electron chi connectivity index (χ3n) is 5.04. The molecule has 0 bridgehead atoms. The zero-order valence-electron chi connectivity index (χ0n) is 13.9. The molecule has 1 aliphatic rings. The Morgan fingerprint density at radius 1 is 1.19 bits per heavy atom. The van der Waals surface area contributed by atoms with Gasteiger partial charge in [-0.2, -0.15) is 0 Å². The molecule has 0 saturated heterocycles. The van der Waals surface area contributed by atoms with Gasteiger partial charge in [0.05, 0.1) is 0 Å². The van der Waals surface area contributed by atoms with E-state index in [1.807, 2.05) is 6.07 Å². The second kappa shape index (κ2) is 7.40. The Morgan fingerprint density at radius 3 is 2.57 bits per heavy atom. The Kier molecular flexibility index (Phi) is 5.80. The van der Waals surface area contributed by atoms with Crippen LogP contribution < -0.4 is 5.32 Å². The molecule has 2 heteroatoms. The molecule has 1 aliphatic carbocycles. The highest BCUT2D eigenvalue weighted by molar-refractivity contribution is 5.22. The van der Waals surface area contributed by atoms with Gasteiger partial charge in [0, 0.05) is 6.04 Å². The number of nitrogens with one attached hydrogen (secondary N) is 1. The summed E-state index contributed by atoms with van der Waals surface area (Å²) in [5.74, 6) is 2.51. The number of hydrogen-bond acceptors (Lipinski definition) is 1. The summed E-state index contributed by atoms with van der Waals surface area (Å²) in [4.78, 5) is 0. The highest BCUT2D eigenvalue weighted by Crippen LogP contribution is 2.43. The normalized spacial score (nSPS) is 26.5. The summed E-state index contributed by atoms with van der Waals surface area (Å²) >= 11 is 0. The van der Waals surface area contributed by atoms with Gasteiger partial charge in [-0.15, -0.1) is 0 Å². The maximum atomic E-state index is 13.6. The molecule has 0 spiro atoms. The molecule has 1 N–H and O–H groups in total. The van der Waals surface area contributed by atoms with E-state index in [-0.39, 0.29) is 5.82 Å². The quantitative estimate of drug-likeness (QED) is 0.806. The topological polar surface area (TPSA) is 12.0 Å². The first-order valence-electron chi connectivity index (χ1n) is 8.46. The highest BCUT2D eigenvalue weighted by Gasteiger charge is 2.32. The highest BCUT2D eigenvalue weighted by atomic mass is 19.1. The number of halogens is 1. The Balaban J connectivity index is 2.15. The van der Waals surface area contributed by atoms with E-state index in [4.69, 9.17) is 0 Å². The number of benzene rings is 1. The van der Waals surface area contributed by atoms with Crippen LogP contribution in [0.1, 0.15) is 58.4 Å². The molecule has 1 fully saturated rings. The average Bonchev–Trinajstić information content (AvgIpc) is 2.44. The molecular weight excluding hydrogens is 261 g/mol. The smallest absolute Gasteiger partial charge is 0.123 e. The van der Waals surface area contributed by atoms with Gasteiger partial charge < -0.3 is 5.32 Å². The third kappa shape index (κ3) is 4.54. The van der Waals surface area contributed by atoms with Crippen molar-refractivity contribution in [2.75, 3.05) is 6.54 Å². The average molecular weight is 291 g/mol. The summed E-state index contributed by atoms with van der Waals surface area (Å²) in [6.45, 7) is 10.1. The van der Waals surface area contributed by atoms with E-state index >= 15 is 0 Å². The van der Waals surface area contributed by atoms with Crippen molar-refractivity contribution in [1.82, 2.24) is 5.32 Å². The van der Waals surface area contributed by atoms with Gasteiger partial charge in [0.25, 0.3) is 0 Å². The molecule has 3 atom stereocenters. The number of rotatable bonds is 5. The van der Waals surface area contributed by atoms with Crippen LogP contribution in [0.3, 0.4) is 0 Å². The molecule has 3 unspecified atom stereocenters. The molecule has 1 aromatic rings. The zero-order chi connectivity index (χ0) is 15.4. The third-order valence-corrected chi connectivity index (χ3v) is 5.04. The lowest BCUT2D eigenvalue weighted by atomic mass is 9.68. The molecule has 0 aromatic heterocycles. The molecular formula is C19H30FN. The lowest BCUT2D eigenvalue weighted by Crippen LogP contribution is -2.35. The first-order valence-corrected chi connectivity index (χ1v) is 8.46. The Labute approximate surface area is 129 Å². The van der Waals surface area contributed by atoms with Gasteiger partial charge in [-0.05, 0) is 67.2 Å². The molecule has 0 aliphatic heterocycles. The minimum atomic E-state index is -0.102. The van der Waals surface area contributed by atoms with Crippen LogP contribution >= 0.6 is 0 Å². The second-order valence-electron chi connectivity index (χ2n) is 7.30. The Morgan fingerprint density at radius 2 is 1.95 bits per heavy atom. The predicted molar refractivity (Wildman–Crippen MR) is 87.9 cm³/mol. The molecule has 1 aromatic carbocycles. The van der Waals surface area contributed by atoms with Gasteiger partial charge in [0.2, 0.25) is 0 Å². The van der Waals surface area contributed by atoms with Crippen LogP contribution in [0.15, 0.2) is 24.3 Å². The van der Waals surface area contributed by atoms with Crippen LogP contribution in [-0.4, -0.2) is 12.6 Å². The lowest BCUT2D eigenvalue weighted by molar-refractivity contribution is 0.188. The standard InChI is InChI=1S/C19H30FN/c1-13(2)15-8-9-17(12-21-14(3)4)19(11-15)16-6-5-7-18(20)10-16/h5-7,10,13-15,17,19,21H,8-9,11-12H2,1-4H3. The van der Waals surface area contributed by atoms with Crippen molar-refractivity contribution in [1.29, 1.82) is 0 Å². The van der Waals surface area contributed by atoms with Crippen molar-refractivity contribution in [3.63, 3.8) is 0 Å². The molecule has 0 radical (unpaired) electrons. The second-order valence-corrected chi connectivity index (χ2v) is 7.30. The minimum Gasteiger partial charge on any atom is -0.314 e. The van der Waals surface area contributed by atoms with E-state index in [0.717, 1.165) is 18.4 Å². The summed E-state index contributed by atoms with van der Waals surface area (Å²) in [6.07, 6.45) is 3.77. The van der Waals surface area contributed by atoms with Gasteiger partial charge >= 0.3 is 0 Å². The fourth-order valence-electron chi connectivity index (χ4n) is 3.65. The summed E-state index contributed by atoms with van der Waals surface area (Å²) < 4.78 is 13.6. The van der Waals surface area contributed by atoms with E-state index in [9.17, 15) is 4.39 Å². The minimum absolute atomic E-state index is 0.102. The Hall–Kier alpha value is -0.890. The van der Waals surface area contributed by atoms with Gasteiger partial charge in [0.1, 0.15) is 5.82 Å². The van der Waals surface area contributed by atoms with Crippen LogP contribution in [0, 0.1) is 23.6 Å². The van der Waals surface area contributed by atoms with Gasteiger partial charge in [-0.25, -0.2) is 4.39 Å². The van der Waals surface area contributed by atoms with Crippen LogP contribution in [0.4, 0.5) is 4.39 Å². The summed E-state index contributed by atoms with van der Waals surface area (Å²) in [6, 6.07) is 7.78. The van der Waals surface area contributed by atoms with Crippen molar-refractivity contribution in [3.8, 4) is 0 Å². The summed E-state index contributed by atoms with van der Waals surface area (Å²) in [5, 5.41) is 3.58. The van der Waals surface area contributed by atoms with Gasteiger partial charge in [-0.3, -0.25) is 0 Å². The molecule has 2 rings (SSSR count). The van der Waals surface area contributed by atoms with E-state index < -0.39 is 0 Å². The first-order chi connectivity index (χ1) is 9.97. The van der Waals surface area contributed by atoms with Crippen LogP contribution in [0.25, 0.3) is 0 Å². The maximum absolute atomic E-state index is 13.6. The maximum Gasteiger partial charge on any atom is 0.123 e. The monoisotopic (exact) mass is 291 g/mol. The largest absolute Gasteiger partial charge is 0.314 e. The first kappa shape index (κ1) is 16.5. The van der Waals surface area contributed by atoms with Gasteiger partial charge in [0.15, 0.2) is 0 Å². The Bertz CT molecular complexity index is 441. The van der Waals surface area contributed by atoms with Crippen molar-refractivity contribution < 1.29 is 4.39 Å². The van der Waals surface area contributed by atoms with Crippen LogP contribution in [-0.2, 0) is 0 Å². The van der Waals surface area contributed by atoms with Gasteiger partial charge in [-0.1, -0.05) is 39.8 Å². The van der Waals surface area contributed by atoms with Crippen LogP contribution in [0.5, 0.6) is 0 Å². The van der Waals surface area contributed by atoms with Crippen molar-refractivity contribution >= 4 is 0 Å².